The average molecular weight is 108 g/mol. The molecule has 0 amide bonds. The molecule has 0 saturated carbocycles. The van der Waals surface area contributed by atoms with Crippen LogP contribution in [0.3, 0.4) is 0 Å². The fraction of sp³-hybridized carbons (Fsp3) is 0.500. The molecule has 0 aromatic carbocycles. The van der Waals surface area contributed by atoms with E-state index in [0.29, 0.717) is 5.92 Å². The van der Waals surface area contributed by atoms with Gasteiger partial charge in [0.05, 0.1) is 5.92 Å². The minimum Gasteiger partial charge on any atom is -0.345 e. The highest BCUT2D eigenvalue weighted by atomic mass is 15.0. The fourth-order valence-corrected chi connectivity index (χ4v) is 1.19. The van der Waals surface area contributed by atoms with E-state index in [2.05, 4.69) is 16.9 Å². The minimum atomic E-state index is 0.662. The summed E-state index contributed by atoms with van der Waals surface area (Å²) in [6, 6.07) is 0. The van der Waals surface area contributed by atoms with Gasteiger partial charge in [-0.05, 0) is 6.42 Å². The highest BCUT2D eigenvalue weighted by Gasteiger charge is 2.25. The van der Waals surface area contributed by atoms with Gasteiger partial charge in [-0.2, -0.15) is 0 Å². The molecule has 0 aliphatic carbocycles. The maximum absolute atomic E-state index is 4.11. The minimum absolute atomic E-state index is 0.662. The number of rotatable bonds is 1. The lowest BCUT2D eigenvalue weighted by Gasteiger charge is -2.15. The zero-order valence-corrected chi connectivity index (χ0v) is 4.81. The maximum atomic E-state index is 4.11. The van der Waals surface area contributed by atoms with Crippen LogP contribution in [0.2, 0.25) is 0 Å². The molecule has 1 unspecified atom stereocenters. The standard InChI is InChI=1S/C6H8N2/c1-2-4-5-3-7-6(4)8-5/h3-4H,2H2,1H3,(H,7,8). The molecule has 0 fully saturated rings. The van der Waals surface area contributed by atoms with E-state index >= 15 is 0 Å². The number of hydrogen-bond donors (Lipinski definition) is 1. The van der Waals surface area contributed by atoms with E-state index in [1.54, 1.807) is 0 Å². The zero-order chi connectivity index (χ0) is 5.56. The molecule has 2 bridgehead atoms. The van der Waals surface area contributed by atoms with Crippen LogP contribution in [0, 0.1) is 0 Å². The topological polar surface area (TPSA) is 28.7 Å². The van der Waals surface area contributed by atoms with Gasteiger partial charge in [-0.3, -0.25) is 0 Å². The van der Waals surface area contributed by atoms with Gasteiger partial charge in [0, 0.05) is 11.9 Å². The quantitative estimate of drug-likeness (QED) is 0.576. The highest BCUT2D eigenvalue weighted by Crippen LogP contribution is 2.32. The van der Waals surface area contributed by atoms with Crippen LogP contribution in [0.4, 0.5) is 0 Å². The molecule has 0 radical (unpaired) electrons. The summed E-state index contributed by atoms with van der Waals surface area (Å²) in [6.07, 6.45) is 3.11. The monoisotopic (exact) mass is 108 g/mol. The van der Waals surface area contributed by atoms with Gasteiger partial charge in [-0.1, -0.05) is 6.92 Å². The molecule has 1 atom stereocenters. The molecule has 0 saturated heterocycles. The van der Waals surface area contributed by atoms with Crippen molar-refractivity contribution in [3.63, 3.8) is 0 Å². The van der Waals surface area contributed by atoms with Gasteiger partial charge in [0.15, 0.2) is 0 Å². The van der Waals surface area contributed by atoms with E-state index in [-0.39, 0.29) is 0 Å². The lowest BCUT2D eigenvalue weighted by atomic mass is 10.00. The summed E-state index contributed by atoms with van der Waals surface area (Å²) in [5.41, 5.74) is 1.31. The third-order valence-electron chi connectivity index (χ3n) is 1.73. The van der Waals surface area contributed by atoms with Gasteiger partial charge < -0.3 is 4.98 Å². The third kappa shape index (κ3) is 0.278. The molecule has 8 heavy (non-hydrogen) atoms. The largest absolute Gasteiger partial charge is 0.345 e. The Morgan fingerprint density at radius 2 is 2.75 bits per heavy atom. The fourth-order valence-electron chi connectivity index (χ4n) is 1.19. The Balaban J connectivity index is 2.38. The molecular formula is C6H8N2. The first-order valence-electron chi connectivity index (χ1n) is 2.96. The molecule has 2 aliphatic rings. The Bertz CT molecular complexity index is 176. The number of aromatic amines is 1. The SMILES string of the molecule is CCC1c2cnc1[nH]2. The number of nitrogens with one attached hydrogen (secondary N) is 1. The van der Waals surface area contributed by atoms with Crippen LogP contribution < -0.4 is 0 Å². The van der Waals surface area contributed by atoms with Crippen LogP contribution in [-0.2, 0) is 0 Å². The molecule has 2 aliphatic heterocycles. The van der Waals surface area contributed by atoms with Gasteiger partial charge in [0.25, 0.3) is 0 Å². The first-order valence-corrected chi connectivity index (χ1v) is 2.96. The number of hydrogen-bond acceptors (Lipinski definition) is 1. The van der Waals surface area contributed by atoms with Crippen molar-refractivity contribution in [1.29, 1.82) is 0 Å². The molecule has 0 spiro atoms. The van der Waals surface area contributed by atoms with Crippen LogP contribution in [-0.4, -0.2) is 9.97 Å². The Morgan fingerprint density at radius 3 is 3.00 bits per heavy atom. The number of aromatic nitrogens is 2. The molecule has 1 aromatic rings. The molecule has 1 aromatic heterocycles. The van der Waals surface area contributed by atoms with Crippen molar-refractivity contribution >= 4 is 0 Å². The van der Waals surface area contributed by atoms with Crippen molar-refractivity contribution in [2.45, 2.75) is 19.3 Å². The first kappa shape index (κ1) is 4.13. The molecule has 3 heterocycles. The number of fused-ring (bicyclic) bond motifs is 1. The summed E-state index contributed by atoms with van der Waals surface area (Å²) >= 11 is 0. The lowest BCUT2D eigenvalue weighted by molar-refractivity contribution is 0.660. The highest BCUT2D eigenvalue weighted by molar-refractivity contribution is 5.26. The van der Waals surface area contributed by atoms with Crippen molar-refractivity contribution in [1.82, 2.24) is 9.97 Å². The van der Waals surface area contributed by atoms with Gasteiger partial charge in [-0.25, -0.2) is 4.98 Å². The van der Waals surface area contributed by atoms with Crippen molar-refractivity contribution in [2.75, 3.05) is 0 Å². The third-order valence-corrected chi connectivity index (χ3v) is 1.73. The van der Waals surface area contributed by atoms with Gasteiger partial charge in [0.1, 0.15) is 5.82 Å². The van der Waals surface area contributed by atoms with Gasteiger partial charge in [-0.15, -0.1) is 0 Å². The Hall–Kier alpha value is -0.790. The molecule has 2 heteroatoms. The van der Waals surface area contributed by atoms with Crippen LogP contribution >= 0.6 is 0 Å². The van der Waals surface area contributed by atoms with E-state index in [4.69, 9.17) is 0 Å². The van der Waals surface area contributed by atoms with Gasteiger partial charge >= 0.3 is 0 Å². The molecule has 2 nitrogen and oxygen atoms in total. The zero-order valence-electron chi connectivity index (χ0n) is 4.81. The van der Waals surface area contributed by atoms with Crippen LogP contribution in [0.25, 0.3) is 0 Å². The van der Waals surface area contributed by atoms with Crippen molar-refractivity contribution in [2.24, 2.45) is 0 Å². The molecular weight excluding hydrogens is 100 g/mol. The average Bonchev–Trinajstić information content (AvgIpc) is 2.19. The van der Waals surface area contributed by atoms with E-state index in [9.17, 15) is 0 Å². The number of nitrogens with zero attached hydrogens (tertiary/aromatic N) is 1. The van der Waals surface area contributed by atoms with Crippen molar-refractivity contribution in [3.05, 3.63) is 17.7 Å². The summed E-state index contributed by atoms with van der Waals surface area (Å²) < 4.78 is 0. The predicted molar refractivity (Wildman–Crippen MR) is 30.7 cm³/mol. The molecule has 3 rings (SSSR count). The smallest absolute Gasteiger partial charge is 0.115 e. The van der Waals surface area contributed by atoms with E-state index in [1.807, 2.05) is 6.20 Å². The second-order valence-electron chi connectivity index (χ2n) is 2.18. The first-order chi connectivity index (χ1) is 3.92. The molecule has 1 N–H and O–H groups in total. The lowest BCUT2D eigenvalue weighted by Crippen LogP contribution is -2.08. The van der Waals surface area contributed by atoms with E-state index in [1.165, 1.54) is 17.9 Å². The van der Waals surface area contributed by atoms with Crippen LogP contribution in [0.15, 0.2) is 6.20 Å². The van der Waals surface area contributed by atoms with Gasteiger partial charge in [0.2, 0.25) is 0 Å². The molecule has 42 valence electrons. The summed E-state index contributed by atoms with van der Waals surface area (Å²) in [5, 5.41) is 0. The Kier molecular flexibility index (Phi) is 0.583. The second-order valence-corrected chi connectivity index (χ2v) is 2.18. The van der Waals surface area contributed by atoms with E-state index in [0.717, 1.165) is 0 Å². The van der Waals surface area contributed by atoms with Crippen molar-refractivity contribution in [3.8, 4) is 0 Å². The number of H-pyrrole nitrogens is 1. The summed E-state index contributed by atoms with van der Waals surface area (Å²) in [6.45, 7) is 2.18. The number of imidazole rings is 1. The maximum Gasteiger partial charge on any atom is 0.115 e. The van der Waals surface area contributed by atoms with Crippen molar-refractivity contribution < 1.29 is 0 Å². The Morgan fingerprint density at radius 1 is 1.88 bits per heavy atom. The van der Waals surface area contributed by atoms with Crippen LogP contribution in [0.1, 0.15) is 30.8 Å². The Labute approximate surface area is 47.9 Å². The normalized spacial score (nSPS) is 22.9. The van der Waals surface area contributed by atoms with Crippen LogP contribution in [0.5, 0.6) is 0 Å². The second kappa shape index (κ2) is 1.13. The summed E-state index contributed by atoms with van der Waals surface area (Å²) in [7, 11) is 0. The van der Waals surface area contributed by atoms with E-state index < -0.39 is 0 Å². The predicted octanol–water partition coefficient (Wildman–Crippen LogP) is 1.26. The summed E-state index contributed by atoms with van der Waals surface area (Å²) in [5.74, 6) is 1.83. The summed E-state index contributed by atoms with van der Waals surface area (Å²) in [4.78, 5) is 7.23.